The topological polar surface area (TPSA) is 91.8 Å². The summed E-state index contributed by atoms with van der Waals surface area (Å²) in [5.41, 5.74) is 0.308. The molecule has 0 radical (unpaired) electrons. The minimum atomic E-state index is -5.42. The number of tetrazole rings is 1. The van der Waals surface area contributed by atoms with Gasteiger partial charge in [-0.2, -0.15) is 0 Å². The van der Waals surface area contributed by atoms with Crippen LogP contribution >= 0.6 is 0 Å². The van der Waals surface area contributed by atoms with E-state index in [0.717, 1.165) is 17.8 Å². The van der Waals surface area contributed by atoms with Crippen LogP contribution in [0.5, 0.6) is 0 Å². The molecule has 1 aromatic heterocycles. The maximum atomic E-state index is 10.1. The van der Waals surface area contributed by atoms with Gasteiger partial charge in [0.15, 0.2) is 5.21 Å². The van der Waals surface area contributed by atoms with Crippen molar-refractivity contribution >= 4 is 10.5 Å². The highest BCUT2D eigenvalue weighted by Gasteiger charge is 2.56. The fourth-order valence-electron chi connectivity index (χ4n) is 5.61. The molecule has 0 aliphatic heterocycles. The molecule has 4 aliphatic rings. The Balaban J connectivity index is 0.000000300. The monoisotopic (exact) mass is 360 g/mol. The van der Waals surface area contributed by atoms with Crippen LogP contribution in [-0.2, 0) is 23.1 Å². The molecule has 0 saturated heterocycles. The van der Waals surface area contributed by atoms with Crippen LogP contribution in [-0.4, -0.2) is 28.1 Å². The van der Waals surface area contributed by atoms with Crippen molar-refractivity contribution in [3.8, 4) is 0 Å². The van der Waals surface area contributed by atoms with Crippen LogP contribution in [0, 0.1) is 17.8 Å². The van der Waals surface area contributed by atoms with E-state index < -0.39 is 10.5 Å². The van der Waals surface area contributed by atoms with Crippen LogP contribution in [0.15, 0.2) is 0 Å². The first-order chi connectivity index (χ1) is 11.1. The number of rotatable bonds is 2. The quantitative estimate of drug-likeness (QED) is 0.453. The molecule has 0 aromatic carbocycles. The number of aromatic nitrogens is 4. The van der Waals surface area contributed by atoms with Crippen molar-refractivity contribution in [1.29, 1.82) is 0 Å². The van der Waals surface area contributed by atoms with Crippen LogP contribution < -0.4 is 4.68 Å². The molecule has 1 aromatic rings. The van der Waals surface area contributed by atoms with E-state index in [1.165, 1.54) is 44.3 Å². The molecule has 7 nitrogen and oxygen atoms in total. The average Bonchev–Trinajstić information content (AvgIpc) is 2.77. The highest BCUT2D eigenvalue weighted by molar-refractivity contribution is 7.80. The van der Waals surface area contributed by atoms with Crippen LogP contribution in [0.1, 0.15) is 64.1 Å². The molecule has 4 bridgehead atoms. The van der Waals surface area contributed by atoms with E-state index >= 15 is 0 Å². The van der Waals surface area contributed by atoms with Gasteiger partial charge in [0.2, 0.25) is 0 Å². The molecule has 4 saturated carbocycles. The van der Waals surface area contributed by atoms with Crippen LogP contribution in [0.2, 0.25) is 0 Å². The van der Waals surface area contributed by atoms with Crippen molar-refractivity contribution in [3.63, 3.8) is 0 Å². The fourth-order valence-corrected chi connectivity index (χ4v) is 5.61. The maximum absolute atomic E-state index is 10.1. The van der Waals surface area contributed by atoms with E-state index in [2.05, 4.69) is 29.0 Å². The van der Waals surface area contributed by atoms with E-state index in [1.54, 1.807) is 0 Å². The Morgan fingerprint density at radius 3 is 2.00 bits per heavy atom. The highest BCUT2D eigenvalue weighted by atomic mass is 32.3. The van der Waals surface area contributed by atoms with Crippen LogP contribution in [0.4, 0.5) is 3.89 Å². The summed E-state index contributed by atoms with van der Waals surface area (Å²) in [7, 11) is -3.38. The summed E-state index contributed by atoms with van der Waals surface area (Å²) in [6.07, 6.45) is 8.50. The van der Waals surface area contributed by atoms with Gasteiger partial charge < -0.3 is 4.55 Å². The van der Waals surface area contributed by atoms with Gasteiger partial charge >= 0.3 is 0 Å². The third-order valence-corrected chi connectivity index (χ3v) is 5.78. The Kier molecular flexibility index (Phi) is 4.44. The minimum Gasteiger partial charge on any atom is -0.722 e. The Labute approximate surface area is 142 Å². The van der Waals surface area contributed by atoms with Crippen molar-refractivity contribution in [3.05, 3.63) is 5.82 Å². The lowest BCUT2D eigenvalue weighted by atomic mass is 9.53. The summed E-state index contributed by atoms with van der Waals surface area (Å²) in [4.78, 5) is 0. The lowest BCUT2D eigenvalue weighted by molar-refractivity contribution is -0.739. The third kappa shape index (κ3) is 3.46. The second-order valence-corrected chi connectivity index (χ2v) is 8.85. The Morgan fingerprint density at radius 2 is 1.62 bits per heavy atom. The van der Waals surface area contributed by atoms with E-state index in [0.29, 0.717) is 11.5 Å². The Bertz CT molecular complexity index is 673. The molecule has 4 aliphatic carbocycles. The first kappa shape index (κ1) is 17.7. The molecular formula is C15H25FN4O3S. The average molecular weight is 360 g/mol. The van der Waals surface area contributed by atoms with Gasteiger partial charge in [-0.15, -0.1) is 8.57 Å². The van der Waals surface area contributed by atoms with Crippen molar-refractivity contribution in [2.24, 2.45) is 24.8 Å². The van der Waals surface area contributed by atoms with Gasteiger partial charge in [-0.3, -0.25) is 0 Å². The maximum Gasteiger partial charge on any atom is 0.259 e. The standard InChI is InChI=1S/C15H25N4.FHO3S/c1-10(2)14-18(3)16-17-19(14)15-7-11-4-12(8-15)6-13(5-11)9-15;1-5(2,3)4/h10-13H,4-9H2,1-3H3;(H,2,3,4)/q+1;/p-1. The predicted octanol–water partition coefficient (Wildman–Crippen LogP) is 1.57. The summed E-state index contributed by atoms with van der Waals surface area (Å²) in [5, 5.41) is 8.88. The molecular weight excluding hydrogens is 335 g/mol. The minimum absolute atomic E-state index is 0.308. The first-order valence-electron chi connectivity index (χ1n) is 8.55. The predicted molar refractivity (Wildman–Crippen MR) is 82.2 cm³/mol. The van der Waals surface area contributed by atoms with Crippen molar-refractivity contribution in [2.45, 2.75) is 63.8 Å². The molecule has 0 spiro atoms. The second-order valence-electron chi connectivity index (χ2n) is 8.06. The SMILES string of the molecule is CC(C)c1n(C23CC4CC(CC(C4)C2)C3)nn[n+]1C.O=S(=O)([O-])F. The largest absolute Gasteiger partial charge is 0.722 e. The molecule has 136 valence electrons. The zero-order valence-electron chi connectivity index (χ0n) is 14.4. The lowest BCUT2D eigenvalue weighted by Crippen LogP contribution is -2.53. The zero-order chi connectivity index (χ0) is 17.7. The summed E-state index contributed by atoms with van der Waals surface area (Å²) in [6.45, 7) is 4.52. The third-order valence-electron chi connectivity index (χ3n) is 5.78. The Hall–Kier alpha value is -1.09. The molecule has 1 heterocycles. The first-order valence-corrected chi connectivity index (χ1v) is 9.86. The molecule has 0 amide bonds. The van der Waals surface area contributed by atoms with Crippen LogP contribution in [0.3, 0.4) is 0 Å². The number of hydrogen-bond donors (Lipinski definition) is 0. The van der Waals surface area contributed by atoms with E-state index in [-0.39, 0.29) is 0 Å². The van der Waals surface area contributed by atoms with Gasteiger partial charge in [-0.05, 0) is 56.3 Å². The molecule has 4 fully saturated rings. The second kappa shape index (κ2) is 6.01. The zero-order valence-corrected chi connectivity index (χ0v) is 15.2. The summed E-state index contributed by atoms with van der Waals surface area (Å²) >= 11 is 0. The van der Waals surface area contributed by atoms with Gasteiger partial charge in [-0.25, -0.2) is 8.42 Å². The van der Waals surface area contributed by atoms with Gasteiger partial charge in [0.25, 0.3) is 16.3 Å². The molecule has 9 heteroatoms. The summed E-state index contributed by atoms with van der Waals surface area (Å²) in [6, 6.07) is 0. The lowest BCUT2D eigenvalue weighted by Gasteiger charge is -2.54. The molecule has 0 atom stereocenters. The normalized spacial score (nSPS) is 34.3. The fraction of sp³-hybridized carbons (Fsp3) is 0.933. The number of hydrogen-bond acceptors (Lipinski definition) is 5. The van der Waals surface area contributed by atoms with Crippen molar-refractivity contribution in [2.75, 3.05) is 0 Å². The number of aryl methyl sites for hydroxylation is 1. The number of nitrogens with zero attached hydrogens (tertiary/aromatic N) is 4. The highest BCUT2D eigenvalue weighted by Crippen LogP contribution is 2.58. The van der Waals surface area contributed by atoms with Gasteiger partial charge in [0, 0.05) is 5.92 Å². The molecule has 5 rings (SSSR count). The van der Waals surface area contributed by atoms with Gasteiger partial charge in [0.05, 0.1) is 7.05 Å². The van der Waals surface area contributed by atoms with Gasteiger partial charge in [-0.1, -0.05) is 18.5 Å². The summed E-state index contributed by atoms with van der Waals surface area (Å²) in [5.74, 6) is 4.68. The van der Waals surface area contributed by atoms with Crippen LogP contribution in [0.25, 0.3) is 0 Å². The Morgan fingerprint density at radius 1 is 1.21 bits per heavy atom. The smallest absolute Gasteiger partial charge is 0.259 e. The van der Waals surface area contributed by atoms with Crippen molar-refractivity contribution < 1.29 is 21.5 Å². The van der Waals surface area contributed by atoms with E-state index in [4.69, 9.17) is 13.0 Å². The van der Waals surface area contributed by atoms with E-state index in [1.807, 2.05) is 11.7 Å². The number of halogens is 1. The van der Waals surface area contributed by atoms with Gasteiger partial charge in [0.1, 0.15) is 10.8 Å². The van der Waals surface area contributed by atoms with Crippen molar-refractivity contribution in [1.82, 2.24) is 15.1 Å². The molecule has 24 heavy (non-hydrogen) atoms. The molecule has 0 unspecified atom stereocenters. The van der Waals surface area contributed by atoms with E-state index in [9.17, 15) is 3.89 Å². The summed E-state index contributed by atoms with van der Waals surface area (Å²) < 4.78 is 39.7. The molecule has 0 N–H and O–H groups in total.